The molecule has 0 aliphatic carbocycles. The molecule has 8 nitrogen and oxygen atoms in total. The number of carbonyl (C=O) groups is 2. The molecule has 0 radical (unpaired) electrons. The van der Waals surface area contributed by atoms with E-state index < -0.39 is 12.1 Å². The summed E-state index contributed by atoms with van der Waals surface area (Å²) >= 11 is 0. The molecule has 4 aromatic rings. The zero-order chi connectivity index (χ0) is 30.8. The van der Waals surface area contributed by atoms with Crippen LogP contribution in [0.15, 0.2) is 83.9 Å². The summed E-state index contributed by atoms with van der Waals surface area (Å²) in [6.07, 6.45) is 4.98. The monoisotopic (exact) mass is 590 g/mol. The van der Waals surface area contributed by atoms with E-state index in [2.05, 4.69) is 27.1 Å². The molecule has 3 aliphatic heterocycles. The number of fused-ring (bicyclic) bond motifs is 10. The summed E-state index contributed by atoms with van der Waals surface area (Å²) in [6, 6.07) is 18.7. The van der Waals surface area contributed by atoms with Crippen molar-refractivity contribution in [3.8, 4) is 0 Å². The quantitative estimate of drug-likeness (QED) is 0.230. The Hall–Kier alpha value is -4.85. The van der Waals surface area contributed by atoms with Crippen LogP contribution < -0.4 is 21.1 Å². The molecule has 4 bridgehead atoms. The van der Waals surface area contributed by atoms with Gasteiger partial charge in [-0.05, 0) is 96.6 Å². The molecule has 7 rings (SSSR count). The Labute approximate surface area is 257 Å². The number of ketones is 1. The molecular weight excluding hydrogens is 552 g/mol. The van der Waals surface area contributed by atoms with Crippen LogP contribution >= 0.6 is 0 Å². The first kappa shape index (κ1) is 29.2. The highest BCUT2D eigenvalue weighted by atomic mass is 16.5. The van der Waals surface area contributed by atoms with Crippen molar-refractivity contribution in [3.63, 3.8) is 0 Å². The average molecular weight is 591 g/mol. The number of piperidine rings is 1. The zero-order valence-corrected chi connectivity index (χ0v) is 25.2. The Kier molecular flexibility index (Phi) is 8.24. The lowest BCUT2D eigenvalue weighted by molar-refractivity contribution is -0.119. The Morgan fingerprint density at radius 3 is 2.64 bits per heavy atom. The SMILES string of the molecule is C=C1CCCCN1c1ccc2cc1CCC(=O)[C@H](Nc1ccc3cc[nH]c(=O)c3c1)c1ccc(c(C)c1)[C@@H](C)COC(=O)N2. The fraction of sp³-hybridized carbons (Fsp3) is 0.306. The van der Waals surface area contributed by atoms with Crippen LogP contribution in [0.25, 0.3) is 10.8 Å². The van der Waals surface area contributed by atoms with Gasteiger partial charge in [0, 0.05) is 53.2 Å². The summed E-state index contributed by atoms with van der Waals surface area (Å²) in [6.45, 7) is 9.42. The van der Waals surface area contributed by atoms with Gasteiger partial charge in [0.25, 0.3) is 5.56 Å². The molecule has 0 saturated carbocycles. The summed E-state index contributed by atoms with van der Waals surface area (Å²) < 4.78 is 5.62. The number of aromatic amines is 1. The molecule has 1 saturated heterocycles. The molecule has 3 aliphatic rings. The molecule has 8 heteroatoms. The maximum Gasteiger partial charge on any atom is 0.411 e. The number of nitrogens with zero attached hydrogens (tertiary/aromatic N) is 1. The first-order valence-electron chi connectivity index (χ1n) is 15.3. The summed E-state index contributed by atoms with van der Waals surface area (Å²) in [5.41, 5.74) is 7.07. The minimum Gasteiger partial charge on any atom is -0.449 e. The number of pyridine rings is 1. The fourth-order valence-electron chi connectivity index (χ4n) is 6.38. The van der Waals surface area contributed by atoms with Gasteiger partial charge >= 0.3 is 6.09 Å². The predicted octanol–water partition coefficient (Wildman–Crippen LogP) is 7.36. The molecule has 44 heavy (non-hydrogen) atoms. The van der Waals surface area contributed by atoms with Crippen molar-refractivity contribution in [3.05, 3.63) is 112 Å². The molecule has 1 amide bonds. The van der Waals surface area contributed by atoms with Crippen LogP contribution in [0, 0.1) is 6.92 Å². The standard InChI is InChI=1S/C36H38N4O4/c1-22-18-27-8-12-30(22)23(2)21-44-36(43)39-28-11-13-32(40-17-5-4-6-24(40)3)26(19-28)9-14-33(41)34(27)38-29-10-7-25-15-16-37-35(42)31(25)20-29/h7-8,10-13,15-16,18-20,23,34,38H,3-6,9,14,17,21H2,1-2H3,(H,37,42)(H,39,43)/t23-,34+/m0/s1. The van der Waals surface area contributed by atoms with Crippen LogP contribution in [0.1, 0.15) is 66.8 Å². The van der Waals surface area contributed by atoms with E-state index >= 15 is 0 Å². The second-order valence-corrected chi connectivity index (χ2v) is 11.9. The van der Waals surface area contributed by atoms with E-state index in [1.165, 1.54) is 0 Å². The minimum absolute atomic E-state index is 0.0283. The topological polar surface area (TPSA) is 104 Å². The number of ether oxygens (including phenoxy) is 1. The maximum absolute atomic E-state index is 14.2. The van der Waals surface area contributed by atoms with Crippen LogP contribution in [-0.4, -0.2) is 30.0 Å². The third-order valence-electron chi connectivity index (χ3n) is 8.77. The molecule has 226 valence electrons. The van der Waals surface area contributed by atoms with Gasteiger partial charge in [0.05, 0.1) is 6.61 Å². The van der Waals surface area contributed by atoms with Crippen molar-refractivity contribution in [2.24, 2.45) is 0 Å². The third-order valence-corrected chi connectivity index (χ3v) is 8.77. The van der Waals surface area contributed by atoms with Gasteiger partial charge in [0.2, 0.25) is 0 Å². The maximum atomic E-state index is 14.2. The van der Waals surface area contributed by atoms with Gasteiger partial charge in [0.1, 0.15) is 6.04 Å². The molecule has 0 spiro atoms. The average Bonchev–Trinajstić information content (AvgIpc) is 3.02. The van der Waals surface area contributed by atoms with Crippen LogP contribution in [-0.2, 0) is 16.0 Å². The van der Waals surface area contributed by atoms with Crippen molar-refractivity contribution in [1.29, 1.82) is 0 Å². The second-order valence-electron chi connectivity index (χ2n) is 11.9. The van der Waals surface area contributed by atoms with E-state index in [0.29, 0.717) is 23.2 Å². The summed E-state index contributed by atoms with van der Waals surface area (Å²) in [5, 5.41) is 7.73. The molecule has 3 aromatic carbocycles. The molecule has 0 unspecified atom stereocenters. The van der Waals surface area contributed by atoms with Gasteiger partial charge < -0.3 is 19.9 Å². The van der Waals surface area contributed by atoms with Crippen molar-refractivity contribution < 1.29 is 14.3 Å². The number of allylic oxidation sites excluding steroid dienone is 1. The van der Waals surface area contributed by atoms with Crippen molar-refractivity contribution in [2.45, 2.75) is 57.9 Å². The number of carbonyl (C=O) groups excluding carboxylic acids is 2. The number of aromatic nitrogens is 1. The lowest BCUT2D eigenvalue weighted by Gasteiger charge is -2.33. The van der Waals surface area contributed by atoms with E-state index in [4.69, 9.17) is 4.74 Å². The second kappa shape index (κ2) is 12.4. The summed E-state index contributed by atoms with van der Waals surface area (Å²) in [7, 11) is 0. The summed E-state index contributed by atoms with van der Waals surface area (Å²) in [5.74, 6) is -0.0133. The van der Waals surface area contributed by atoms with Gasteiger partial charge in [-0.25, -0.2) is 4.79 Å². The molecule has 2 atom stereocenters. The van der Waals surface area contributed by atoms with Crippen LogP contribution in [0.2, 0.25) is 0 Å². The van der Waals surface area contributed by atoms with Crippen LogP contribution in [0.5, 0.6) is 0 Å². The first-order chi connectivity index (χ1) is 21.3. The number of aryl methyl sites for hydroxylation is 2. The molecule has 3 N–H and O–H groups in total. The molecular formula is C36H38N4O4. The summed E-state index contributed by atoms with van der Waals surface area (Å²) in [4.78, 5) is 44.4. The highest BCUT2D eigenvalue weighted by Gasteiger charge is 2.25. The van der Waals surface area contributed by atoms with E-state index in [1.807, 2.05) is 68.4 Å². The van der Waals surface area contributed by atoms with Crippen LogP contribution in [0.4, 0.5) is 21.9 Å². The largest absolute Gasteiger partial charge is 0.449 e. The van der Waals surface area contributed by atoms with Gasteiger partial charge in [0.15, 0.2) is 5.78 Å². The fourth-order valence-corrected chi connectivity index (χ4v) is 6.38. The number of hydrogen-bond acceptors (Lipinski definition) is 6. The lowest BCUT2D eigenvalue weighted by Crippen LogP contribution is -2.28. The van der Waals surface area contributed by atoms with E-state index in [0.717, 1.165) is 64.8 Å². The van der Waals surface area contributed by atoms with Crippen LogP contribution in [0.3, 0.4) is 0 Å². The van der Waals surface area contributed by atoms with E-state index in [9.17, 15) is 14.4 Å². The van der Waals surface area contributed by atoms with E-state index in [1.54, 1.807) is 12.3 Å². The zero-order valence-electron chi connectivity index (χ0n) is 25.2. The number of amides is 1. The van der Waals surface area contributed by atoms with Crippen molar-refractivity contribution in [1.82, 2.24) is 4.98 Å². The number of anilines is 3. The Balaban J connectivity index is 1.39. The molecule has 4 heterocycles. The Morgan fingerprint density at radius 1 is 0.955 bits per heavy atom. The lowest BCUT2D eigenvalue weighted by atomic mass is 9.90. The Bertz CT molecular complexity index is 1810. The Morgan fingerprint density at radius 2 is 1.82 bits per heavy atom. The highest BCUT2D eigenvalue weighted by Crippen LogP contribution is 2.34. The predicted molar refractivity (Wildman–Crippen MR) is 176 cm³/mol. The first-order valence-corrected chi connectivity index (χ1v) is 15.3. The third kappa shape index (κ3) is 6.11. The minimum atomic E-state index is -0.626. The number of nitrogens with one attached hydrogen (secondary N) is 3. The number of rotatable bonds is 3. The van der Waals surface area contributed by atoms with Gasteiger partial charge in [-0.1, -0.05) is 37.8 Å². The van der Waals surface area contributed by atoms with Gasteiger partial charge in [-0.2, -0.15) is 0 Å². The highest BCUT2D eigenvalue weighted by molar-refractivity contribution is 5.91. The van der Waals surface area contributed by atoms with Gasteiger partial charge in [-0.15, -0.1) is 0 Å². The van der Waals surface area contributed by atoms with Crippen molar-refractivity contribution in [2.75, 3.05) is 28.7 Å². The van der Waals surface area contributed by atoms with Crippen molar-refractivity contribution >= 4 is 39.7 Å². The molecule has 1 fully saturated rings. The number of Topliss-reactive ketones (excluding diaryl/α,β-unsaturated/α-hetero) is 1. The smallest absolute Gasteiger partial charge is 0.411 e. The number of H-pyrrole nitrogens is 1. The molecule has 1 aromatic heterocycles. The van der Waals surface area contributed by atoms with E-state index in [-0.39, 0.29) is 30.3 Å². The number of benzene rings is 3. The number of hydrogen-bond donors (Lipinski definition) is 3. The van der Waals surface area contributed by atoms with Gasteiger partial charge in [-0.3, -0.25) is 14.9 Å². The normalized spacial score (nSPS) is 19.5.